The van der Waals surface area contributed by atoms with Gasteiger partial charge in [-0.15, -0.1) is 0 Å². The summed E-state index contributed by atoms with van der Waals surface area (Å²) in [5.74, 6) is 0.554. The third kappa shape index (κ3) is 2.36. The van der Waals surface area contributed by atoms with Crippen LogP contribution in [-0.4, -0.2) is 11.1 Å². The van der Waals surface area contributed by atoms with Crippen LogP contribution in [0.4, 0.5) is 0 Å². The molecule has 0 saturated heterocycles. The third-order valence-corrected chi connectivity index (χ3v) is 2.70. The molecule has 1 aliphatic carbocycles. The van der Waals surface area contributed by atoms with Crippen LogP contribution in [0.5, 0.6) is 0 Å². The molecule has 2 unspecified atom stereocenters. The molecule has 0 fully saturated rings. The molecule has 0 aromatic heterocycles. The van der Waals surface area contributed by atoms with Gasteiger partial charge in [-0.3, -0.25) is 4.79 Å². The van der Waals surface area contributed by atoms with Gasteiger partial charge in [0.1, 0.15) is 0 Å². The fourth-order valence-electron chi connectivity index (χ4n) is 1.64. The summed E-state index contributed by atoms with van der Waals surface area (Å²) in [6.07, 6.45) is 4.47. The quantitative estimate of drug-likeness (QED) is 0.643. The highest BCUT2D eigenvalue weighted by Gasteiger charge is 2.17. The molecule has 2 heteroatoms. The molecule has 0 bridgehead atoms. The molecule has 68 valence electrons. The van der Waals surface area contributed by atoms with Crippen molar-refractivity contribution >= 4 is 5.97 Å². The maximum atomic E-state index is 10.4. The number of carboxylic acid groups (broad SMARTS) is 1. The molecule has 1 aliphatic rings. The second-order valence-corrected chi connectivity index (χ2v) is 3.77. The number of aliphatic carboxylic acids is 1. The number of carbonyl (C=O) groups is 1. The summed E-state index contributed by atoms with van der Waals surface area (Å²) in [6, 6.07) is 0. The summed E-state index contributed by atoms with van der Waals surface area (Å²) in [4.78, 5) is 10.4. The van der Waals surface area contributed by atoms with Gasteiger partial charge in [-0.1, -0.05) is 25.5 Å². The number of carboxylic acids is 1. The Kier molecular flexibility index (Phi) is 2.90. The van der Waals surface area contributed by atoms with Crippen molar-refractivity contribution in [2.75, 3.05) is 0 Å². The molecular formula is C10H16O2. The van der Waals surface area contributed by atoms with Crippen LogP contribution in [0, 0.1) is 11.8 Å². The molecular weight excluding hydrogens is 152 g/mol. The van der Waals surface area contributed by atoms with E-state index in [2.05, 4.69) is 19.9 Å². The Morgan fingerprint density at radius 3 is 2.83 bits per heavy atom. The Morgan fingerprint density at radius 2 is 2.33 bits per heavy atom. The smallest absolute Gasteiger partial charge is 0.307 e. The molecule has 2 atom stereocenters. The molecule has 0 spiro atoms. The van der Waals surface area contributed by atoms with Crippen molar-refractivity contribution in [2.45, 2.75) is 33.1 Å². The van der Waals surface area contributed by atoms with Crippen LogP contribution in [0.3, 0.4) is 0 Å². The minimum Gasteiger partial charge on any atom is -0.481 e. The summed E-state index contributed by atoms with van der Waals surface area (Å²) in [5.41, 5.74) is 1.10. The van der Waals surface area contributed by atoms with E-state index in [0.717, 1.165) is 18.4 Å². The molecule has 0 aliphatic heterocycles. The van der Waals surface area contributed by atoms with Gasteiger partial charge in [-0.05, 0) is 24.7 Å². The van der Waals surface area contributed by atoms with Crippen LogP contribution in [0.25, 0.3) is 0 Å². The minimum atomic E-state index is -0.706. The molecule has 0 aromatic rings. The highest BCUT2D eigenvalue weighted by molar-refractivity contribution is 5.70. The highest BCUT2D eigenvalue weighted by atomic mass is 16.4. The van der Waals surface area contributed by atoms with Gasteiger partial charge in [-0.2, -0.15) is 0 Å². The SMILES string of the molecule is CC1C=C(CC(=O)O)CCC1C. The van der Waals surface area contributed by atoms with Crippen molar-refractivity contribution in [2.24, 2.45) is 11.8 Å². The van der Waals surface area contributed by atoms with Crippen LogP contribution in [0.1, 0.15) is 33.1 Å². The van der Waals surface area contributed by atoms with Gasteiger partial charge >= 0.3 is 5.97 Å². The van der Waals surface area contributed by atoms with Crippen molar-refractivity contribution in [3.05, 3.63) is 11.6 Å². The number of hydrogen-bond acceptors (Lipinski definition) is 1. The molecule has 2 nitrogen and oxygen atoms in total. The van der Waals surface area contributed by atoms with Crippen molar-refractivity contribution in [1.82, 2.24) is 0 Å². The lowest BCUT2D eigenvalue weighted by Crippen LogP contribution is -2.13. The Labute approximate surface area is 73.3 Å². The Hall–Kier alpha value is -0.790. The number of hydrogen-bond donors (Lipinski definition) is 1. The number of allylic oxidation sites excluding steroid dienone is 1. The predicted molar refractivity (Wildman–Crippen MR) is 47.9 cm³/mol. The standard InChI is InChI=1S/C10H16O2/c1-7-3-4-9(5-8(7)2)6-10(11)12/h5,7-8H,3-4,6H2,1-2H3,(H,11,12). The number of rotatable bonds is 2. The zero-order chi connectivity index (χ0) is 9.14. The van der Waals surface area contributed by atoms with E-state index in [0.29, 0.717) is 11.8 Å². The first-order chi connectivity index (χ1) is 5.59. The lowest BCUT2D eigenvalue weighted by Gasteiger charge is -2.23. The minimum absolute atomic E-state index is 0.233. The van der Waals surface area contributed by atoms with Crippen LogP contribution in [-0.2, 0) is 4.79 Å². The van der Waals surface area contributed by atoms with Gasteiger partial charge in [0.15, 0.2) is 0 Å². The van der Waals surface area contributed by atoms with Crippen LogP contribution < -0.4 is 0 Å². The van der Waals surface area contributed by atoms with Gasteiger partial charge in [0.25, 0.3) is 0 Å². The molecule has 1 rings (SSSR count). The van der Waals surface area contributed by atoms with Crippen molar-refractivity contribution < 1.29 is 9.90 Å². The van der Waals surface area contributed by atoms with Gasteiger partial charge in [0, 0.05) is 0 Å². The normalized spacial score (nSPS) is 29.7. The molecule has 1 N–H and O–H groups in total. The van der Waals surface area contributed by atoms with Gasteiger partial charge in [0.05, 0.1) is 6.42 Å². The van der Waals surface area contributed by atoms with Crippen LogP contribution >= 0.6 is 0 Å². The van der Waals surface area contributed by atoms with E-state index in [4.69, 9.17) is 5.11 Å². The first-order valence-electron chi connectivity index (χ1n) is 4.51. The topological polar surface area (TPSA) is 37.3 Å². The van der Waals surface area contributed by atoms with Crippen molar-refractivity contribution in [3.8, 4) is 0 Å². The molecule has 0 saturated carbocycles. The molecule has 12 heavy (non-hydrogen) atoms. The lowest BCUT2D eigenvalue weighted by molar-refractivity contribution is -0.136. The predicted octanol–water partition coefficient (Wildman–Crippen LogP) is 2.45. The fraction of sp³-hybridized carbons (Fsp3) is 0.700. The monoisotopic (exact) mass is 168 g/mol. The van der Waals surface area contributed by atoms with E-state index in [1.807, 2.05) is 0 Å². The average Bonchev–Trinajstić information content (AvgIpc) is 1.96. The van der Waals surface area contributed by atoms with Gasteiger partial charge in [0.2, 0.25) is 0 Å². The highest BCUT2D eigenvalue weighted by Crippen LogP contribution is 2.29. The largest absolute Gasteiger partial charge is 0.481 e. The van der Waals surface area contributed by atoms with Crippen molar-refractivity contribution in [3.63, 3.8) is 0 Å². The summed E-state index contributed by atoms with van der Waals surface area (Å²) >= 11 is 0. The third-order valence-electron chi connectivity index (χ3n) is 2.70. The Morgan fingerprint density at radius 1 is 1.67 bits per heavy atom. The first-order valence-corrected chi connectivity index (χ1v) is 4.51. The summed E-state index contributed by atoms with van der Waals surface area (Å²) in [7, 11) is 0. The van der Waals surface area contributed by atoms with E-state index in [9.17, 15) is 4.79 Å². The van der Waals surface area contributed by atoms with E-state index < -0.39 is 5.97 Å². The molecule has 0 heterocycles. The van der Waals surface area contributed by atoms with Crippen LogP contribution in [0.15, 0.2) is 11.6 Å². The Balaban J connectivity index is 2.56. The second-order valence-electron chi connectivity index (χ2n) is 3.77. The zero-order valence-corrected chi connectivity index (χ0v) is 7.71. The van der Waals surface area contributed by atoms with Crippen molar-refractivity contribution in [1.29, 1.82) is 0 Å². The molecule has 0 aromatic carbocycles. The maximum absolute atomic E-state index is 10.4. The van der Waals surface area contributed by atoms with Crippen LogP contribution in [0.2, 0.25) is 0 Å². The summed E-state index contributed by atoms with van der Waals surface area (Å²) in [5, 5.41) is 8.58. The summed E-state index contributed by atoms with van der Waals surface area (Å²) in [6.45, 7) is 4.38. The summed E-state index contributed by atoms with van der Waals surface area (Å²) < 4.78 is 0. The van der Waals surface area contributed by atoms with E-state index in [1.54, 1.807) is 0 Å². The fourth-order valence-corrected chi connectivity index (χ4v) is 1.64. The Bertz CT molecular complexity index is 206. The first kappa shape index (κ1) is 9.30. The molecule has 0 amide bonds. The van der Waals surface area contributed by atoms with E-state index in [1.165, 1.54) is 0 Å². The second kappa shape index (κ2) is 3.74. The van der Waals surface area contributed by atoms with E-state index >= 15 is 0 Å². The zero-order valence-electron chi connectivity index (χ0n) is 7.71. The van der Waals surface area contributed by atoms with Gasteiger partial charge < -0.3 is 5.11 Å². The average molecular weight is 168 g/mol. The lowest BCUT2D eigenvalue weighted by atomic mass is 9.82. The van der Waals surface area contributed by atoms with Gasteiger partial charge in [-0.25, -0.2) is 0 Å². The molecule has 0 radical (unpaired) electrons. The van der Waals surface area contributed by atoms with E-state index in [-0.39, 0.29) is 6.42 Å². The maximum Gasteiger partial charge on any atom is 0.307 e.